The van der Waals surface area contributed by atoms with E-state index in [1.54, 1.807) is 31.5 Å². The molecule has 0 atom stereocenters. The summed E-state index contributed by atoms with van der Waals surface area (Å²) < 4.78 is 30.2. The average Bonchev–Trinajstić information content (AvgIpc) is 2.30. The quantitative estimate of drug-likeness (QED) is 0.805. The van der Waals surface area contributed by atoms with Crippen molar-refractivity contribution in [1.82, 2.24) is 4.98 Å². The molecule has 1 heterocycles. The normalized spacial score (nSPS) is 10.4. The molecule has 96 valence electrons. The maximum Gasteiger partial charge on any atom is 0.294 e. The van der Waals surface area contributed by atoms with E-state index < -0.39 is 10.1 Å². The highest BCUT2D eigenvalue weighted by Gasteiger charge is 2.11. The largest absolute Gasteiger partial charge is 0.294 e. The lowest BCUT2D eigenvalue weighted by molar-refractivity contribution is 0.482. The first-order chi connectivity index (χ1) is 8.41. The van der Waals surface area contributed by atoms with Crippen molar-refractivity contribution < 1.29 is 13.0 Å². The molecule has 0 unspecified atom stereocenters. The van der Waals surface area contributed by atoms with Crippen LogP contribution < -0.4 is 0 Å². The van der Waals surface area contributed by atoms with E-state index in [-0.39, 0.29) is 4.90 Å². The van der Waals surface area contributed by atoms with Crippen LogP contribution >= 0.6 is 0 Å². The minimum atomic E-state index is -4.05. The van der Waals surface area contributed by atoms with Gasteiger partial charge >= 0.3 is 0 Å². The molecule has 1 N–H and O–H groups in total. The number of rotatable bonds is 1. The lowest BCUT2D eigenvalue weighted by Crippen LogP contribution is -2.00. The molecule has 0 aliphatic carbocycles. The molecular weight excluding hydrogens is 250 g/mol. The molecule has 0 fully saturated rings. The second-order valence-electron chi connectivity index (χ2n) is 3.77. The third-order valence-corrected chi connectivity index (χ3v) is 3.19. The van der Waals surface area contributed by atoms with Crippen LogP contribution in [0.1, 0.15) is 11.1 Å². The Morgan fingerprint density at radius 3 is 2.00 bits per heavy atom. The molecule has 0 saturated carbocycles. The lowest BCUT2D eigenvalue weighted by Gasteiger charge is -2.02. The van der Waals surface area contributed by atoms with Gasteiger partial charge in [-0.1, -0.05) is 23.8 Å². The van der Waals surface area contributed by atoms with Crippen molar-refractivity contribution in [3.8, 4) is 0 Å². The third kappa shape index (κ3) is 4.65. The zero-order valence-corrected chi connectivity index (χ0v) is 11.1. The first-order valence-electron chi connectivity index (χ1n) is 5.31. The van der Waals surface area contributed by atoms with Gasteiger partial charge in [0.25, 0.3) is 10.1 Å². The third-order valence-electron chi connectivity index (χ3n) is 2.17. The van der Waals surface area contributed by atoms with Gasteiger partial charge in [-0.25, -0.2) is 0 Å². The summed E-state index contributed by atoms with van der Waals surface area (Å²) in [5.74, 6) is 0. The van der Waals surface area contributed by atoms with E-state index in [9.17, 15) is 8.42 Å². The molecular formula is C13H15NO3S. The van der Waals surface area contributed by atoms with Crippen molar-refractivity contribution >= 4 is 10.1 Å². The minimum absolute atomic E-state index is 0.0203. The molecule has 4 nitrogen and oxygen atoms in total. The lowest BCUT2D eigenvalue weighted by atomic mass is 10.2. The van der Waals surface area contributed by atoms with E-state index >= 15 is 0 Å². The van der Waals surface area contributed by atoms with Crippen LogP contribution in [0.4, 0.5) is 0 Å². The Morgan fingerprint density at radius 1 is 1.06 bits per heavy atom. The number of benzene rings is 1. The number of nitrogens with zero attached hydrogens (tertiary/aromatic N) is 1. The van der Waals surface area contributed by atoms with Crippen LogP contribution in [0.3, 0.4) is 0 Å². The van der Waals surface area contributed by atoms with Gasteiger partial charge in [0, 0.05) is 12.4 Å². The van der Waals surface area contributed by atoms with E-state index in [4.69, 9.17) is 4.55 Å². The summed E-state index contributed by atoms with van der Waals surface area (Å²) in [6.45, 7) is 3.51. The fourth-order valence-electron chi connectivity index (χ4n) is 1.40. The van der Waals surface area contributed by atoms with Gasteiger partial charge in [-0.15, -0.1) is 0 Å². The fraction of sp³-hybridized carbons (Fsp3) is 0.154. The predicted molar refractivity (Wildman–Crippen MR) is 70.0 cm³/mol. The Bertz CT molecular complexity index is 568. The topological polar surface area (TPSA) is 67.3 Å². The summed E-state index contributed by atoms with van der Waals surface area (Å²) in [5.41, 5.74) is 1.54. The Hall–Kier alpha value is -1.72. The van der Waals surface area contributed by atoms with Gasteiger partial charge in [-0.2, -0.15) is 8.42 Å². The highest BCUT2D eigenvalue weighted by atomic mass is 32.2. The SMILES string of the molecule is Cc1ccc(S(=O)(=O)O)c(C)c1.c1ccncc1. The predicted octanol–water partition coefficient (Wildman–Crippen LogP) is 2.63. The van der Waals surface area contributed by atoms with Gasteiger partial charge in [0.2, 0.25) is 0 Å². The monoisotopic (exact) mass is 265 g/mol. The first-order valence-corrected chi connectivity index (χ1v) is 6.75. The molecule has 18 heavy (non-hydrogen) atoms. The van der Waals surface area contributed by atoms with Crippen LogP contribution in [0.15, 0.2) is 53.7 Å². The van der Waals surface area contributed by atoms with Gasteiger partial charge in [-0.05, 0) is 37.6 Å². The minimum Gasteiger partial charge on any atom is -0.282 e. The molecule has 0 amide bonds. The summed E-state index contributed by atoms with van der Waals surface area (Å²) in [7, 11) is -4.05. The molecule has 2 rings (SSSR count). The number of hydrogen-bond donors (Lipinski definition) is 1. The molecule has 0 aliphatic rings. The van der Waals surface area contributed by atoms with Crippen molar-refractivity contribution in [2.75, 3.05) is 0 Å². The molecule has 0 radical (unpaired) electrons. The van der Waals surface area contributed by atoms with E-state index in [0.29, 0.717) is 5.56 Å². The van der Waals surface area contributed by atoms with Gasteiger partial charge < -0.3 is 0 Å². The van der Waals surface area contributed by atoms with E-state index in [0.717, 1.165) is 5.56 Å². The number of aryl methyl sites for hydroxylation is 2. The zero-order chi connectivity index (χ0) is 13.6. The van der Waals surface area contributed by atoms with Crippen LogP contribution in [0.5, 0.6) is 0 Å². The van der Waals surface area contributed by atoms with Gasteiger partial charge in [-0.3, -0.25) is 9.54 Å². The maximum absolute atomic E-state index is 10.7. The van der Waals surface area contributed by atoms with Crippen molar-refractivity contribution in [1.29, 1.82) is 0 Å². The highest BCUT2D eigenvalue weighted by Crippen LogP contribution is 2.15. The van der Waals surface area contributed by atoms with Crippen LogP contribution in [-0.4, -0.2) is 18.0 Å². The molecule has 5 heteroatoms. The zero-order valence-electron chi connectivity index (χ0n) is 10.2. The van der Waals surface area contributed by atoms with Crippen LogP contribution in [0, 0.1) is 13.8 Å². The Labute approximate surface area is 107 Å². The molecule has 1 aromatic carbocycles. The van der Waals surface area contributed by atoms with Gasteiger partial charge in [0.15, 0.2) is 0 Å². The summed E-state index contributed by atoms with van der Waals surface area (Å²) in [6, 6.07) is 10.5. The smallest absolute Gasteiger partial charge is 0.282 e. The molecule has 0 bridgehead atoms. The Kier molecular flexibility index (Phi) is 5.00. The van der Waals surface area contributed by atoms with Gasteiger partial charge in [0.05, 0.1) is 4.90 Å². The first kappa shape index (κ1) is 14.3. The second kappa shape index (κ2) is 6.28. The molecule has 0 saturated heterocycles. The molecule has 0 spiro atoms. The Morgan fingerprint density at radius 2 is 1.67 bits per heavy atom. The molecule has 1 aromatic heterocycles. The van der Waals surface area contributed by atoms with E-state index in [2.05, 4.69) is 4.98 Å². The van der Waals surface area contributed by atoms with E-state index in [1.165, 1.54) is 6.07 Å². The Balaban J connectivity index is 0.000000225. The standard InChI is InChI=1S/C8H10O3S.C5H5N/c1-6-3-4-8(7(2)5-6)12(9,10)11;1-2-4-6-5-3-1/h3-5H,1-2H3,(H,9,10,11);1-5H. The van der Waals surface area contributed by atoms with Crippen LogP contribution in [-0.2, 0) is 10.1 Å². The summed E-state index contributed by atoms with van der Waals surface area (Å²) in [4.78, 5) is 3.76. The van der Waals surface area contributed by atoms with Crippen molar-refractivity contribution in [2.45, 2.75) is 18.7 Å². The second-order valence-corrected chi connectivity index (χ2v) is 5.16. The summed E-state index contributed by atoms with van der Waals surface area (Å²) >= 11 is 0. The number of aromatic nitrogens is 1. The number of pyridine rings is 1. The van der Waals surface area contributed by atoms with Crippen molar-refractivity contribution in [2.24, 2.45) is 0 Å². The number of hydrogen-bond acceptors (Lipinski definition) is 3. The van der Waals surface area contributed by atoms with E-state index in [1.807, 2.05) is 25.1 Å². The van der Waals surface area contributed by atoms with Crippen molar-refractivity contribution in [3.05, 3.63) is 59.9 Å². The molecule has 2 aromatic rings. The highest BCUT2D eigenvalue weighted by molar-refractivity contribution is 7.85. The average molecular weight is 265 g/mol. The summed E-state index contributed by atoms with van der Waals surface area (Å²) in [5, 5.41) is 0. The maximum atomic E-state index is 10.7. The van der Waals surface area contributed by atoms with Gasteiger partial charge in [0.1, 0.15) is 0 Å². The van der Waals surface area contributed by atoms with Crippen LogP contribution in [0.2, 0.25) is 0 Å². The summed E-state index contributed by atoms with van der Waals surface area (Å²) in [6.07, 6.45) is 3.50. The van der Waals surface area contributed by atoms with Crippen LogP contribution in [0.25, 0.3) is 0 Å². The fourth-order valence-corrected chi connectivity index (χ4v) is 2.11. The van der Waals surface area contributed by atoms with Crippen molar-refractivity contribution in [3.63, 3.8) is 0 Å². The molecule has 0 aliphatic heterocycles.